The van der Waals surface area contributed by atoms with Gasteiger partial charge in [-0.2, -0.15) is 0 Å². The molecule has 2 aliphatic heterocycles. The number of hydrogen-bond donors (Lipinski definition) is 1. The van der Waals surface area contributed by atoms with Gasteiger partial charge in [-0.3, -0.25) is 14.4 Å². The molecule has 3 amide bonds. The van der Waals surface area contributed by atoms with Crippen LogP contribution in [0.4, 0.5) is 5.69 Å². The van der Waals surface area contributed by atoms with E-state index in [9.17, 15) is 14.4 Å². The first kappa shape index (κ1) is 19.7. The number of aromatic nitrogens is 1. The summed E-state index contributed by atoms with van der Waals surface area (Å²) >= 11 is 0. The van der Waals surface area contributed by atoms with Gasteiger partial charge in [0.2, 0.25) is 12.7 Å². The number of aryl methyl sites for hydroxylation is 1. The molecule has 0 atom stereocenters. The Hall–Kier alpha value is -3.60. The second-order valence-corrected chi connectivity index (χ2v) is 6.73. The molecule has 1 aromatic heterocycles. The summed E-state index contributed by atoms with van der Waals surface area (Å²) in [6.07, 6.45) is 0.638. The van der Waals surface area contributed by atoms with Crippen molar-refractivity contribution < 1.29 is 33.1 Å². The van der Waals surface area contributed by atoms with Crippen LogP contribution in [-0.2, 0) is 14.3 Å². The van der Waals surface area contributed by atoms with Gasteiger partial charge in [0.1, 0.15) is 19.0 Å². The van der Waals surface area contributed by atoms with E-state index in [1.54, 1.807) is 25.1 Å². The maximum absolute atomic E-state index is 12.5. The first-order valence-electron chi connectivity index (χ1n) is 9.34. The fourth-order valence-corrected chi connectivity index (χ4v) is 3.16. The first-order chi connectivity index (χ1) is 14.5. The van der Waals surface area contributed by atoms with Crippen molar-refractivity contribution in [2.45, 2.75) is 13.3 Å². The van der Waals surface area contributed by atoms with Gasteiger partial charge in [0.05, 0.1) is 0 Å². The molecular weight excluding hydrogens is 396 g/mol. The van der Waals surface area contributed by atoms with E-state index in [2.05, 4.69) is 10.5 Å². The number of carbonyl (C=O) groups excluding carboxylic acids is 3. The number of rotatable bonds is 6. The van der Waals surface area contributed by atoms with Crippen LogP contribution in [0.15, 0.2) is 28.8 Å². The van der Waals surface area contributed by atoms with Gasteiger partial charge in [-0.15, -0.1) is 0 Å². The number of ether oxygens (including phenoxy) is 3. The van der Waals surface area contributed by atoms with Crippen molar-refractivity contribution in [2.24, 2.45) is 0 Å². The first-order valence-corrected chi connectivity index (χ1v) is 9.34. The van der Waals surface area contributed by atoms with Crippen LogP contribution in [0.3, 0.4) is 0 Å². The fourth-order valence-electron chi connectivity index (χ4n) is 3.16. The molecule has 0 bridgehead atoms. The molecule has 4 rings (SSSR count). The Bertz CT molecular complexity index is 974. The number of nitrogens with zero attached hydrogens (tertiary/aromatic N) is 3. The maximum atomic E-state index is 12.5. The number of hydrogen-bond acceptors (Lipinski definition) is 8. The second kappa shape index (κ2) is 8.41. The van der Waals surface area contributed by atoms with E-state index >= 15 is 0 Å². The summed E-state index contributed by atoms with van der Waals surface area (Å²) in [4.78, 5) is 37.1. The average Bonchev–Trinajstić information content (AvgIpc) is 3.47. The highest BCUT2D eigenvalue weighted by molar-refractivity contribution is 5.94. The number of amides is 3. The number of hydrazine groups is 1. The van der Waals surface area contributed by atoms with Crippen molar-refractivity contribution in [2.75, 3.05) is 38.4 Å². The van der Waals surface area contributed by atoms with Crippen molar-refractivity contribution in [1.82, 2.24) is 15.2 Å². The number of nitrogens with one attached hydrogen (secondary N) is 1. The normalized spacial score (nSPS) is 14.8. The molecular formula is C19H20N4O7. The van der Waals surface area contributed by atoms with E-state index in [0.29, 0.717) is 42.5 Å². The molecule has 11 heteroatoms. The fraction of sp³-hybridized carbons (Fsp3) is 0.368. The Morgan fingerprint density at radius 2 is 1.90 bits per heavy atom. The van der Waals surface area contributed by atoms with Crippen LogP contribution in [0.25, 0.3) is 0 Å². The van der Waals surface area contributed by atoms with E-state index < -0.39 is 17.7 Å². The minimum Gasteiger partial charge on any atom is -0.454 e. The summed E-state index contributed by atoms with van der Waals surface area (Å²) < 4.78 is 20.6. The highest BCUT2D eigenvalue weighted by Gasteiger charge is 2.32. The molecule has 0 spiro atoms. The van der Waals surface area contributed by atoms with Crippen molar-refractivity contribution in [3.05, 3.63) is 35.7 Å². The second-order valence-electron chi connectivity index (χ2n) is 6.73. The standard InChI is InChI=1S/C19H20N4O7/c1-12-7-14(21-30-12)19(26)23-6-2-5-22(23)18(25)10-27-9-17(24)20-13-3-4-15-16(8-13)29-11-28-15/h3-4,7-8H,2,5-6,9-11H2,1H3,(H,20,24). The predicted octanol–water partition coefficient (Wildman–Crippen LogP) is 0.957. The summed E-state index contributed by atoms with van der Waals surface area (Å²) in [5.74, 6) is 0.404. The van der Waals surface area contributed by atoms with Crippen LogP contribution in [0.1, 0.15) is 22.7 Å². The minimum absolute atomic E-state index is 0.135. The number of anilines is 1. The smallest absolute Gasteiger partial charge is 0.294 e. The van der Waals surface area contributed by atoms with E-state index in [1.165, 1.54) is 16.1 Å². The minimum atomic E-state index is -0.422. The Morgan fingerprint density at radius 1 is 1.10 bits per heavy atom. The molecule has 0 saturated carbocycles. The maximum Gasteiger partial charge on any atom is 0.294 e. The van der Waals surface area contributed by atoms with Crippen LogP contribution < -0.4 is 14.8 Å². The Kier molecular flexibility index (Phi) is 5.53. The van der Waals surface area contributed by atoms with E-state index in [4.69, 9.17) is 18.7 Å². The summed E-state index contributed by atoms with van der Waals surface area (Å²) in [6, 6.07) is 6.53. The topological polar surface area (TPSA) is 123 Å². The quantitative estimate of drug-likeness (QED) is 0.739. The third-order valence-electron chi connectivity index (χ3n) is 4.52. The zero-order valence-electron chi connectivity index (χ0n) is 16.3. The van der Waals surface area contributed by atoms with E-state index in [1.807, 2.05) is 0 Å². The lowest BCUT2D eigenvalue weighted by Gasteiger charge is -2.26. The molecule has 0 aliphatic carbocycles. The Balaban J connectivity index is 1.25. The molecule has 11 nitrogen and oxygen atoms in total. The summed E-state index contributed by atoms with van der Waals surface area (Å²) in [6.45, 7) is 1.94. The highest BCUT2D eigenvalue weighted by Crippen LogP contribution is 2.34. The highest BCUT2D eigenvalue weighted by atomic mass is 16.7. The third kappa shape index (κ3) is 4.20. The van der Waals surface area contributed by atoms with Gasteiger partial charge in [-0.1, -0.05) is 5.16 Å². The number of benzene rings is 1. The number of carbonyl (C=O) groups is 3. The zero-order chi connectivity index (χ0) is 21.1. The Labute approximate surface area is 171 Å². The third-order valence-corrected chi connectivity index (χ3v) is 4.52. The summed E-state index contributed by atoms with van der Waals surface area (Å²) in [5, 5.41) is 8.98. The molecule has 1 saturated heterocycles. The number of fused-ring (bicyclic) bond motifs is 1. The summed E-state index contributed by atoms with van der Waals surface area (Å²) in [5.41, 5.74) is 0.662. The van der Waals surface area contributed by atoms with E-state index in [0.717, 1.165) is 0 Å². The van der Waals surface area contributed by atoms with Crippen molar-refractivity contribution in [3.8, 4) is 11.5 Å². The average molecular weight is 416 g/mol. The molecule has 2 aromatic rings. The van der Waals surface area contributed by atoms with E-state index in [-0.39, 0.29) is 25.7 Å². The van der Waals surface area contributed by atoms with Crippen LogP contribution in [0.5, 0.6) is 11.5 Å². The van der Waals surface area contributed by atoms with Crippen molar-refractivity contribution in [1.29, 1.82) is 0 Å². The molecule has 0 unspecified atom stereocenters. The van der Waals surface area contributed by atoms with Gasteiger partial charge in [-0.05, 0) is 25.5 Å². The monoisotopic (exact) mass is 416 g/mol. The lowest BCUT2D eigenvalue weighted by Crippen LogP contribution is -2.46. The van der Waals surface area contributed by atoms with Gasteiger partial charge >= 0.3 is 0 Å². The molecule has 3 heterocycles. The predicted molar refractivity (Wildman–Crippen MR) is 101 cm³/mol. The van der Waals surface area contributed by atoms with Gasteiger partial charge in [0, 0.05) is 30.9 Å². The van der Waals surface area contributed by atoms with Crippen LogP contribution in [0.2, 0.25) is 0 Å². The molecule has 0 radical (unpaired) electrons. The summed E-state index contributed by atoms with van der Waals surface area (Å²) in [7, 11) is 0. The molecule has 1 aromatic carbocycles. The molecule has 2 aliphatic rings. The molecule has 1 N–H and O–H groups in total. The van der Waals surface area contributed by atoms with Crippen molar-refractivity contribution in [3.63, 3.8) is 0 Å². The molecule has 30 heavy (non-hydrogen) atoms. The lowest BCUT2D eigenvalue weighted by molar-refractivity contribution is -0.146. The SMILES string of the molecule is Cc1cc(C(=O)N2CCCN2C(=O)COCC(=O)Nc2ccc3c(c2)OCO3)no1. The van der Waals surface area contributed by atoms with Gasteiger partial charge in [-0.25, -0.2) is 10.0 Å². The molecule has 158 valence electrons. The van der Waals surface area contributed by atoms with Crippen LogP contribution in [0, 0.1) is 6.92 Å². The lowest BCUT2D eigenvalue weighted by atomic mass is 10.3. The zero-order valence-corrected chi connectivity index (χ0v) is 16.3. The van der Waals surface area contributed by atoms with Gasteiger partial charge < -0.3 is 24.1 Å². The van der Waals surface area contributed by atoms with Crippen LogP contribution in [-0.4, -0.2) is 66.0 Å². The van der Waals surface area contributed by atoms with Gasteiger partial charge in [0.15, 0.2) is 17.2 Å². The Morgan fingerprint density at radius 3 is 2.70 bits per heavy atom. The van der Waals surface area contributed by atoms with Gasteiger partial charge in [0.25, 0.3) is 11.8 Å². The van der Waals surface area contributed by atoms with Crippen LogP contribution >= 0.6 is 0 Å². The van der Waals surface area contributed by atoms with Crippen molar-refractivity contribution >= 4 is 23.4 Å². The largest absolute Gasteiger partial charge is 0.454 e. The molecule has 1 fully saturated rings.